The Hall–Kier alpha value is -1.42. The van der Waals surface area contributed by atoms with Gasteiger partial charge in [-0.25, -0.2) is 0 Å². The van der Waals surface area contributed by atoms with Crippen LogP contribution in [0.3, 0.4) is 0 Å². The van der Waals surface area contributed by atoms with Crippen molar-refractivity contribution in [2.45, 2.75) is 13.3 Å². The first-order valence-corrected chi connectivity index (χ1v) is 6.21. The van der Waals surface area contributed by atoms with Crippen molar-refractivity contribution in [1.29, 1.82) is 0 Å². The molecule has 1 aromatic carbocycles. The molecule has 18 heavy (non-hydrogen) atoms. The van der Waals surface area contributed by atoms with E-state index in [-0.39, 0.29) is 11.8 Å². The third kappa shape index (κ3) is 2.70. The van der Waals surface area contributed by atoms with Gasteiger partial charge in [-0.3, -0.25) is 4.79 Å². The molecule has 1 aliphatic carbocycles. The van der Waals surface area contributed by atoms with Gasteiger partial charge in [0.15, 0.2) is 0 Å². The molecule has 4 nitrogen and oxygen atoms in total. The first-order chi connectivity index (χ1) is 8.52. The molecule has 2 rings (SSSR count). The molecule has 1 saturated carbocycles. The maximum Gasteiger partial charge on any atom is 0.306 e. The number of methoxy groups -OCH3 is 1. The van der Waals surface area contributed by atoms with Gasteiger partial charge in [-0.05, 0) is 37.0 Å². The average Bonchev–Trinajstić information content (AvgIpc) is 3.05. The summed E-state index contributed by atoms with van der Waals surface area (Å²) in [4.78, 5) is 10.7. The number of anilines is 1. The van der Waals surface area contributed by atoms with Crippen molar-refractivity contribution in [2.75, 3.05) is 19.0 Å². The van der Waals surface area contributed by atoms with Crippen LogP contribution in [0.15, 0.2) is 12.1 Å². The quantitative estimate of drug-likeness (QED) is 0.863. The van der Waals surface area contributed by atoms with Crippen molar-refractivity contribution in [3.05, 3.63) is 22.7 Å². The molecule has 2 atom stereocenters. The van der Waals surface area contributed by atoms with Gasteiger partial charge < -0.3 is 15.2 Å². The van der Waals surface area contributed by atoms with E-state index in [2.05, 4.69) is 5.32 Å². The molecule has 0 aromatic heterocycles. The van der Waals surface area contributed by atoms with E-state index in [4.69, 9.17) is 21.4 Å². The Morgan fingerprint density at radius 3 is 2.89 bits per heavy atom. The third-order valence-corrected chi connectivity index (χ3v) is 3.46. The van der Waals surface area contributed by atoms with E-state index in [1.807, 2.05) is 13.0 Å². The molecular weight excluding hydrogens is 254 g/mol. The predicted molar refractivity (Wildman–Crippen MR) is 70.5 cm³/mol. The average molecular weight is 270 g/mol. The zero-order valence-corrected chi connectivity index (χ0v) is 11.1. The van der Waals surface area contributed by atoms with Crippen molar-refractivity contribution in [1.82, 2.24) is 0 Å². The van der Waals surface area contributed by atoms with Gasteiger partial charge in [-0.2, -0.15) is 0 Å². The smallest absolute Gasteiger partial charge is 0.306 e. The lowest BCUT2D eigenvalue weighted by atomic mass is 10.2. The number of carboxylic acids is 1. The van der Waals surface area contributed by atoms with Crippen LogP contribution in [0.25, 0.3) is 0 Å². The topological polar surface area (TPSA) is 58.6 Å². The van der Waals surface area contributed by atoms with Gasteiger partial charge in [-0.15, -0.1) is 0 Å². The molecule has 1 aromatic rings. The lowest BCUT2D eigenvalue weighted by Gasteiger charge is -2.13. The summed E-state index contributed by atoms with van der Waals surface area (Å²) >= 11 is 6.00. The summed E-state index contributed by atoms with van der Waals surface area (Å²) < 4.78 is 5.32. The molecule has 0 heterocycles. The van der Waals surface area contributed by atoms with Crippen molar-refractivity contribution < 1.29 is 14.6 Å². The summed E-state index contributed by atoms with van der Waals surface area (Å²) in [6, 6.07) is 3.63. The molecule has 0 amide bonds. The minimum atomic E-state index is -0.712. The first-order valence-electron chi connectivity index (χ1n) is 5.83. The minimum Gasteiger partial charge on any atom is -0.494 e. The van der Waals surface area contributed by atoms with Crippen LogP contribution >= 0.6 is 11.6 Å². The summed E-state index contributed by atoms with van der Waals surface area (Å²) in [5.41, 5.74) is 1.77. The monoisotopic (exact) mass is 269 g/mol. The largest absolute Gasteiger partial charge is 0.494 e. The van der Waals surface area contributed by atoms with Crippen LogP contribution in [0, 0.1) is 18.8 Å². The van der Waals surface area contributed by atoms with Crippen molar-refractivity contribution in [3.8, 4) is 5.75 Å². The molecule has 1 aliphatic rings. The van der Waals surface area contributed by atoms with E-state index in [9.17, 15) is 4.79 Å². The second kappa shape index (κ2) is 5.06. The highest BCUT2D eigenvalue weighted by Gasteiger charge is 2.42. The number of benzene rings is 1. The van der Waals surface area contributed by atoms with E-state index < -0.39 is 5.97 Å². The Balaban J connectivity index is 2.03. The number of nitrogens with one attached hydrogen (secondary N) is 1. The number of aryl methyl sites for hydroxylation is 1. The van der Waals surface area contributed by atoms with Crippen LogP contribution in [0.5, 0.6) is 5.75 Å². The Bertz CT molecular complexity index is 476. The summed E-state index contributed by atoms with van der Waals surface area (Å²) in [7, 11) is 1.61. The van der Waals surface area contributed by atoms with Crippen LogP contribution < -0.4 is 10.1 Å². The van der Waals surface area contributed by atoms with Crippen molar-refractivity contribution in [2.24, 2.45) is 11.8 Å². The van der Waals surface area contributed by atoms with Crippen molar-refractivity contribution >= 4 is 23.3 Å². The maximum atomic E-state index is 10.7. The molecule has 2 N–H and O–H groups in total. The van der Waals surface area contributed by atoms with Crippen LogP contribution in [-0.2, 0) is 4.79 Å². The number of carboxylic acid groups (broad SMARTS) is 1. The molecule has 5 heteroatoms. The molecule has 1 fully saturated rings. The Labute approximate surface area is 111 Å². The number of aliphatic carboxylic acids is 1. The highest BCUT2D eigenvalue weighted by Crippen LogP contribution is 2.40. The second-order valence-corrected chi connectivity index (χ2v) is 5.06. The van der Waals surface area contributed by atoms with E-state index in [0.717, 1.165) is 23.4 Å². The highest BCUT2D eigenvalue weighted by molar-refractivity contribution is 6.31. The van der Waals surface area contributed by atoms with Gasteiger partial charge in [0.2, 0.25) is 0 Å². The van der Waals surface area contributed by atoms with Gasteiger partial charge in [-0.1, -0.05) is 11.6 Å². The Morgan fingerprint density at radius 1 is 1.61 bits per heavy atom. The van der Waals surface area contributed by atoms with Crippen molar-refractivity contribution in [3.63, 3.8) is 0 Å². The van der Waals surface area contributed by atoms with E-state index in [0.29, 0.717) is 11.6 Å². The Kier molecular flexibility index (Phi) is 3.66. The second-order valence-electron chi connectivity index (χ2n) is 4.62. The minimum absolute atomic E-state index is 0.200. The maximum absolute atomic E-state index is 10.7. The summed E-state index contributed by atoms with van der Waals surface area (Å²) in [6.07, 6.45) is 0.740. The Morgan fingerprint density at radius 2 is 2.33 bits per heavy atom. The fourth-order valence-electron chi connectivity index (χ4n) is 2.15. The van der Waals surface area contributed by atoms with Gasteiger partial charge in [0.05, 0.1) is 18.7 Å². The van der Waals surface area contributed by atoms with E-state index >= 15 is 0 Å². The molecule has 0 saturated heterocycles. The summed E-state index contributed by atoms with van der Waals surface area (Å²) in [5, 5.41) is 12.7. The molecular formula is C13H16ClNO3. The van der Waals surface area contributed by atoms with E-state index in [1.165, 1.54) is 0 Å². The molecule has 0 bridgehead atoms. The SMILES string of the molecule is COc1c(C)cc(Cl)cc1NCC1CC1C(=O)O. The fourth-order valence-corrected chi connectivity index (χ4v) is 2.42. The zero-order valence-electron chi connectivity index (χ0n) is 10.4. The normalized spacial score (nSPS) is 21.5. The summed E-state index contributed by atoms with van der Waals surface area (Å²) in [5.74, 6) is 0.0400. The highest BCUT2D eigenvalue weighted by atomic mass is 35.5. The molecule has 2 unspecified atom stereocenters. The van der Waals surface area contributed by atoms with E-state index in [1.54, 1.807) is 13.2 Å². The lowest BCUT2D eigenvalue weighted by molar-refractivity contribution is -0.138. The third-order valence-electron chi connectivity index (χ3n) is 3.24. The fraction of sp³-hybridized carbons (Fsp3) is 0.462. The van der Waals surface area contributed by atoms with Gasteiger partial charge in [0.25, 0.3) is 0 Å². The van der Waals surface area contributed by atoms with Crippen LogP contribution in [-0.4, -0.2) is 24.7 Å². The molecule has 0 aliphatic heterocycles. The molecule has 0 spiro atoms. The van der Waals surface area contributed by atoms with Crippen LogP contribution in [0.4, 0.5) is 5.69 Å². The first kappa shape index (κ1) is 13.0. The van der Waals surface area contributed by atoms with Gasteiger partial charge in [0, 0.05) is 11.6 Å². The number of hydrogen-bond donors (Lipinski definition) is 2. The van der Waals surface area contributed by atoms with Gasteiger partial charge >= 0.3 is 5.97 Å². The number of halogens is 1. The predicted octanol–water partition coefficient (Wildman–Crippen LogP) is 2.79. The number of carbonyl (C=O) groups is 1. The van der Waals surface area contributed by atoms with Crippen LogP contribution in [0.1, 0.15) is 12.0 Å². The number of hydrogen-bond acceptors (Lipinski definition) is 3. The van der Waals surface area contributed by atoms with Gasteiger partial charge in [0.1, 0.15) is 5.75 Å². The number of ether oxygens (including phenoxy) is 1. The molecule has 0 radical (unpaired) electrons. The van der Waals surface area contributed by atoms with Crippen LogP contribution in [0.2, 0.25) is 5.02 Å². The summed E-state index contributed by atoms with van der Waals surface area (Å²) in [6.45, 7) is 2.56. The zero-order chi connectivity index (χ0) is 13.3. The molecule has 98 valence electrons. The standard InChI is InChI=1S/C13H16ClNO3/c1-7-3-9(14)5-11(12(7)18-2)15-6-8-4-10(8)13(16)17/h3,5,8,10,15H,4,6H2,1-2H3,(H,16,17). The number of rotatable bonds is 5. The lowest BCUT2D eigenvalue weighted by Crippen LogP contribution is -2.09.